The molecule has 1 atom stereocenters. The number of ether oxygens (including phenoxy) is 1. The fraction of sp³-hybridized carbons (Fsp3) is 0.583. The Bertz CT molecular complexity index is 407. The maximum Gasteiger partial charge on any atom is 0.328 e. The van der Waals surface area contributed by atoms with Crippen LogP contribution in [0.2, 0.25) is 0 Å². The second-order valence-corrected chi connectivity index (χ2v) is 5.03. The first-order valence-corrected chi connectivity index (χ1v) is 5.77. The maximum atomic E-state index is 11.6. The van der Waals surface area contributed by atoms with Crippen molar-refractivity contribution in [2.24, 2.45) is 0 Å². The summed E-state index contributed by atoms with van der Waals surface area (Å²) in [5.41, 5.74) is -0.557. The Hall–Kier alpha value is -1.85. The van der Waals surface area contributed by atoms with Crippen LogP contribution in [0.25, 0.3) is 0 Å². The minimum Gasteiger partial charge on any atom is -0.458 e. The molecule has 18 heavy (non-hydrogen) atoms. The number of nitrogens with one attached hydrogen (secondary N) is 1. The first kappa shape index (κ1) is 14.2. The van der Waals surface area contributed by atoms with Gasteiger partial charge in [0.25, 0.3) is 0 Å². The molecule has 1 amide bonds. The van der Waals surface area contributed by atoms with Gasteiger partial charge in [-0.05, 0) is 33.8 Å². The van der Waals surface area contributed by atoms with Crippen molar-refractivity contribution in [3.8, 4) is 0 Å². The lowest BCUT2D eigenvalue weighted by molar-refractivity contribution is -0.158. The first-order chi connectivity index (χ1) is 8.28. The highest BCUT2D eigenvalue weighted by Gasteiger charge is 2.22. The maximum absolute atomic E-state index is 11.6. The molecule has 0 saturated heterocycles. The molecule has 0 fully saturated rings. The van der Waals surface area contributed by atoms with Gasteiger partial charge in [-0.1, -0.05) is 0 Å². The Balaban J connectivity index is 2.42. The number of aromatic nitrogens is 2. The predicted molar refractivity (Wildman–Crippen MR) is 65.7 cm³/mol. The average molecular weight is 253 g/mol. The van der Waals surface area contributed by atoms with Gasteiger partial charge >= 0.3 is 5.97 Å². The van der Waals surface area contributed by atoms with Crippen molar-refractivity contribution in [2.45, 2.75) is 45.9 Å². The van der Waals surface area contributed by atoms with Crippen LogP contribution in [-0.2, 0) is 20.9 Å². The van der Waals surface area contributed by atoms with Gasteiger partial charge in [-0.15, -0.1) is 0 Å². The van der Waals surface area contributed by atoms with Crippen molar-refractivity contribution in [1.29, 1.82) is 0 Å². The number of rotatable bonds is 4. The van der Waals surface area contributed by atoms with Crippen molar-refractivity contribution in [2.75, 3.05) is 0 Å². The normalized spacial score (nSPS) is 12.9. The van der Waals surface area contributed by atoms with Crippen molar-refractivity contribution in [3.05, 3.63) is 18.5 Å². The molecule has 0 aliphatic carbocycles. The summed E-state index contributed by atoms with van der Waals surface area (Å²) in [5, 5.41) is 6.47. The SMILES string of the molecule is C[C@H](NC(=O)Cn1cccn1)C(=O)OC(C)(C)C. The van der Waals surface area contributed by atoms with Gasteiger partial charge in [0.1, 0.15) is 18.2 Å². The van der Waals surface area contributed by atoms with Crippen molar-refractivity contribution >= 4 is 11.9 Å². The molecular weight excluding hydrogens is 234 g/mol. The standard InChI is InChI=1S/C12H19N3O3/c1-9(11(17)18-12(2,3)4)14-10(16)8-15-7-5-6-13-15/h5-7,9H,8H2,1-4H3,(H,14,16)/t9-/m0/s1. The van der Waals surface area contributed by atoms with E-state index in [4.69, 9.17) is 4.74 Å². The summed E-state index contributed by atoms with van der Waals surface area (Å²) in [5.74, 6) is -0.728. The Morgan fingerprint density at radius 1 is 1.44 bits per heavy atom. The van der Waals surface area contributed by atoms with Crippen LogP contribution < -0.4 is 5.32 Å². The summed E-state index contributed by atoms with van der Waals surface area (Å²) in [6.07, 6.45) is 3.27. The van der Waals surface area contributed by atoms with Crippen LogP contribution >= 0.6 is 0 Å². The van der Waals surface area contributed by atoms with E-state index in [-0.39, 0.29) is 12.5 Å². The first-order valence-electron chi connectivity index (χ1n) is 5.77. The van der Waals surface area contributed by atoms with Gasteiger partial charge in [-0.25, -0.2) is 4.79 Å². The van der Waals surface area contributed by atoms with Gasteiger partial charge in [0.05, 0.1) is 0 Å². The Morgan fingerprint density at radius 2 is 2.11 bits per heavy atom. The number of amides is 1. The van der Waals surface area contributed by atoms with E-state index in [2.05, 4.69) is 10.4 Å². The molecule has 1 aromatic rings. The number of hydrogen-bond donors (Lipinski definition) is 1. The molecule has 6 nitrogen and oxygen atoms in total. The van der Waals surface area contributed by atoms with E-state index < -0.39 is 17.6 Å². The Kier molecular flexibility index (Phi) is 4.47. The zero-order valence-electron chi connectivity index (χ0n) is 11.1. The van der Waals surface area contributed by atoms with Crippen LogP contribution in [0.1, 0.15) is 27.7 Å². The third-order valence-electron chi connectivity index (χ3n) is 2.00. The third-order valence-corrected chi connectivity index (χ3v) is 2.00. The topological polar surface area (TPSA) is 73.2 Å². The minimum absolute atomic E-state index is 0.0835. The second kappa shape index (κ2) is 5.66. The monoisotopic (exact) mass is 253 g/mol. The van der Waals surface area contributed by atoms with Crippen molar-refractivity contribution in [3.63, 3.8) is 0 Å². The molecule has 0 bridgehead atoms. The Morgan fingerprint density at radius 3 is 2.61 bits per heavy atom. The van der Waals surface area contributed by atoms with Gasteiger partial charge in [-0.3, -0.25) is 9.48 Å². The predicted octanol–water partition coefficient (Wildman–Crippen LogP) is 0.729. The van der Waals surface area contributed by atoms with Crippen LogP contribution in [-0.4, -0.2) is 33.3 Å². The van der Waals surface area contributed by atoms with Crippen LogP contribution in [0.5, 0.6) is 0 Å². The molecule has 0 aliphatic heterocycles. The number of hydrogen-bond acceptors (Lipinski definition) is 4. The molecule has 1 rings (SSSR count). The fourth-order valence-electron chi connectivity index (χ4n) is 1.28. The number of carbonyl (C=O) groups is 2. The van der Waals surface area contributed by atoms with Crippen molar-refractivity contribution < 1.29 is 14.3 Å². The zero-order valence-corrected chi connectivity index (χ0v) is 11.1. The van der Waals surface area contributed by atoms with E-state index in [1.165, 1.54) is 4.68 Å². The highest BCUT2D eigenvalue weighted by molar-refractivity contribution is 5.84. The number of carbonyl (C=O) groups excluding carboxylic acids is 2. The molecule has 6 heteroatoms. The highest BCUT2D eigenvalue weighted by atomic mass is 16.6. The summed E-state index contributed by atoms with van der Waals surface area (Å²) < 4.78 is 6.64. The summed E-state index contributed by atoms with van der Waals surface area (Å²) in [6, 6.07) is 1.05. The minimum atomic E-state index is -0.674. The van der Waals surface area contributed by atoms with E-state index in [0.29, 0.717) is 0 Å². The smallest absolute Gasteiger partial charge is 0.328 e. The van der Waals surface area contributed by atoms with E-state index in [9.17, 15) is 9.59 Å². The number of esters is 1. The fourth-order valence-corrected chi connectivity index (χ4v) is 1.28. The highest BCUT2D eigenvalue weighted by Crippen LogP contribution is 2.08. The van der Waals surface area contributed by atoms with Crippen LogP contribution in [0.4, 0.5) is 0 Å². The lowest BCUT2D eigenvalue weighted by Crippen LogP contribution is -2.43. The molecular formula is C12H19N3O3. The molecule has 100 valence electrons. The largest absolute Gasteiger partial charge is 0.458 e. The van der Waals surface area contributed by atoms with Crippen LogP contribution in [0.3, 0.4) is 0 Å². The molecule has 0 saturated carbocycles. The quantitative estimate of drug-likeness (QED) is 0.803. The van der Waals surface area contributed by atoms with E-state index in [0.717, 1.165) is 0 Å². The van der Waals surface area contributed by atoms with Gasteiger partial charge < -0.3 is 10.1 Å². The van der Waals surface area contributed by atoms with Gasteiger partial charge in [0.2, 0.25) is 5.91 Å². The molecule has 1 N–H and O–H groups in total. The average Bonchev–Trinajstić information content (AvgIpc) is 2.67. The Labute approximate surface area is 106 Å². The van der Waals surface area contributed by atoms with Crippen molar-refractivity contribution in [1.82, 2.24) is 15.1 Å². The third kappa shape index (κ3) is 4.99. The van der Waals surface area contributed by atoms with Crippen LogP contribution in [0, 0.1) is 0 Å². The molecule has 1 aromatic heterocycles. The molecule has 0 spiro atoms. The van der Waals surface area contributed by atoms with Gasteiger partial charge in [0, 0.05) is 12.4 Å². The summed E-state index contributed by atoms with van der Waals surface area (Å²) in [6.45, 7) is 7.02. The van der Waals surface area contributed by atoms with E-state index in [1.54, 1.807) is 46.2 Å². The molecule has 0 radical (unpaired) electrons. The zero-order chi connectivity index (χ0) is 13.8. The van der Waals surface area contributed by atoms with Crippen LogP contribution in [0.15, 0.2) is 18.5 Å². The number of nitrogens with zero attached hydrogens (tertiary/aromatic N) is 2. The van der Waals surface area contributed by atoms with E-state index in [1.807, 2.05) is 0 Å². The summed E-state index contributed by atoms with van der Waals surface area (Å²) in [7, 11) is 0. The lowest BCUT2D eigenvalue weighted by Gasteiger charge is -2.22. The molecule has 1 heterocycles. The second-order valence-electron chi connectivity index (χ2n) is 5.03. The van der Waals surface area contributed by atoms with Gasteiger partial charge in [0.15, 0.2) is 0 Å². The lowest BCUT2D eigenvalue weighted by atomic mass is 10.2. The molecule has 0 aromatic carbocycles. The molecule has 0 aliphatic rings. The molecule has 0 unspecified atom stereocenters. The van der Waals surface area contributed by atoms with E-state index >= 15 is 0 Å². The van der Waals surface area contributed by atoms with Gasteiger partial charge in [-0.2, -0.15) is 5.10 Å². The summed E-state index contributed by atoms with van der Waals surface area (Å²) >= 11 is 0. The summed E-state index contributed by atoms with van der Waals surface area (Å²) in [4.78, 5) is 23.2.